The van der Waals surface area contributed by atoms with Gasteiger partial charge in [0.15, 0.2) is 5.78 Å². The number of rotatable bonds is 21. The third-order valence-corrected chi connectivity index (χ3v) is 9.48. The van der Waals surface area contributed by atoms with E-state index in [1.807, 2.05) is 0 Å². The van der Waals surface area contributed by atoms with E-state index in [0.29, 0.717) is 5.57 Å². The van der Waals surface area contributed by atoms with Crippen molar-refractivity contribution in [2.45, 2.75) is 66.9 Å². The smallest absolute Gasteiger partial charge is 0.338 e. The summed E-state index contributed by atoms with van der Waals surface area (Å²) in [4.78, 5) is 100. The van der Waals surface area contributed by atoms with E-state index in [2.05, 4.69) is 0 Å². The highest BCUT2D eigenvalue weighted by atomic mass is 16.6. The topological polar surface area (TPSA) is 210 Å². The molecule has 4 rings (SSSR count). The van der Waals surface area contributed by atoms with Gasteiger partial charge in [-0.3, -0.25) is 24.0 Å². The molecule has 16 heteroatoms. The molecule has 3 aromatic rings. The van der Waals surface area contributed by atoms with Crippen LogP contribution in [-0.2, 0) is 47.7 Å². The fourth-order valence-corrected chi connectivity index (χ4v) is 6.22. The molecular weight excluding hydrogens is 821 g/mol. The first-order valence-electron chi connectivity index (χ1n) is 19.9. The Morgan fingerprint density at radius 1 is 0.587 bits per heavy atom. The van der Waals surface area contributed by atoms with Crippen molar-refractivity contribution >= 4 is 47.6 Å². The van der Waals surface area contributed by atoms with Crippen LogP contribution < -0.4 is 14.2 Å². The van der Waals surface area contributed by atoms with Gasteiger partial charge in [-0.1, -0.05) is 44.2 Å². The zero-order valence-electron chi connectivity index (χ0n) is 35.9. The van der Waals surface area contributed by atoms with Crippen LogP contribution in [0.1, 0.15) is 91.9 Å². The molecular formula is C47H50O16. The summed E-state index contributed by atoms with van der Waals surface area (Å²) in [7, 11) is 0. The molecule has 0 heterocycles. The standard InChI is InChI=1S/C47H50O16/c1-7-47(28-58-44(54)36-14-10-18-40(22-36)62-32(4)50,29-59-45(55)37-15-11-19-41(23-37)63-33(5)51)27-56-25-46(6,24-42(52)34-12-8-16-38(20-34)60-30(2)48)26-57-43(53)35-13-9-17-39(21-35)61-31(3)49/h8-19,21-23,38H,7,20,24-29H2,1-6H3. The minimum absolute atomic E-state index is 0.0769. The first kappa shape index (κ1) is 48.7. The lowest BCUT2D eigenvalue weighted by Crippen LogP contribution is -2.41. The van der Waals surface area contributed by atoms with E-state index in [1.54, 1.807) is 32.1 Å². The summed E-state index contributed by atoms with van der Waals surface area (Å²) in [6, 6.07) is 17.5. The summed E-state index contributed by atoms with van der Waals surface area (Å²) >= 11 is 0. The van der Waals surface area contributed by atoms with Crippen LogP contribution in [0.15, 0.2) is 96.6 Å². The quantitative estimate of drug-likeness (QED) is 0.0633. The molecule has 0 saturated carbocycles. The van der Waals surface area contributed by atoms with Gasteiger partial charge >= 0.3 is 41.8 Å². The summed E-state index contributed by atoms with van der Waals surface area (Å²) in [5.41, 5.74) is -1.79. The number of allylic oxidation sites excluding steroid dienone is 2. The first-order chi connectivity index (χ1) is 29.9. The Labute approximate surface area is 364 Å². The van der Waals surface area contributed by atoms with Crippen LogP contribution in [0.25, 0.3) is 0 Å². The Morgan fingerprint density at radius 3 is 1.44 bits per heavy atom. The molecule has 0 amide bonds. The normalized spacial score (nSPS) is 14.2. The van der Waals surface area contributed by atoms with E-state index in [1.165, 1.54) is 100 Å². The summed E-state index contributed by atoms with van der Waals surface area (Å²) in [5.74, 6) is -4.53. The second-order valence-electron chi connectivity index (χ2n) is 15.3. The van der Waals surface area contributed by atoms with Crippen LogP contribution in [0.4, 0.5) is 0 Å². The molecule has 63 heavy (non-hydrogen) atoms. The van der Waals surface area contributed by atoms with Crippen LogP contribution in [-0.4, -0.2) is 86.7 Å². The van der Waals surface area contributed by atoms with Gasteiger partial charge in [-0.15, -0.1) is 0 Å². The van der Waals surface area contributed by atoms with Crippen molar-refractivity contribution in [3.63, 3.8) is 0 Å². The molecule has 1 aliphatic carbocycles. The Morgan fingerprint density at radius 2 is 1.03 bits per heavy atom. The maximum absolute atomic E-state index is 13.9. The molecule has 0 fully saturated rings. The molecule has 2 unspecified atom stereocenters. The third kappa shape index (κ3) is 15.8. The number of ether oxygens (including phenoxy) is 8. The van der Waals surface area contributed by atoms with Gasteiger partial charge in [0.1, 0.15) is 36.6 Å². The van der Waals surface area contributed by atoms with Gasteiger partial charge in [-0.2, -0.15) is 0 Å². The molecule has 2 atom stereocenters. The molecule has 0 saturated heterocycles. The zero-order valence-corrected chi connectivity index (χ0v) is 35.9. The van der Waals surface area contributed by atoms with Crippen molar-refractivity contribution in [2.75, 3.05) is 33.0 Å². The van der Waals surface area contributed by atoms with E-state index in [-0.39, 0.29) is 92.0 Å². The molecule has 0 aromatic heterocycles. The van der Waals surface area contributed by atoms with E-state index in [4.69, 9.17) is 37.9 Å². The van der Waals surface area contributed by atoms with E-state index >= 15 is 0 Å². The number of carbonyl (C=O) groups excluding carboxylic acids is 8. The van der Waals surface area contributed by atoms with Gasteiger partial charge in [0.25, 0.3) is 0 Å². The molecule has 334 valence electrons. The lowest BCUT2D eigenvalue weighted by molar-refractivity contribution is -0.144. The number of esters is 7. The van der Waals surface area contributed by atoms with Crippen molar-refractivity contribution in [3.05, 3.63) is 113 Å². The van der Waals surface area contributed by atoms with E-state index in [9.17, 15) is 38.4 Å². The molecule has 3 aromatic carbocycles. The molecule has 0 spiro atoms. The van der Waals surface area contributed by atoms with Gasteiger partial charge in [-0.05, 0) is 72.7 Å². The predicted octanol–water partition coefficient (Wildman–Crippen LogP) is 6.53. The highest BCUT2D eigenvalue weighted by Gasteiger charge is 2.37. The average molecular weight is 871 g/mol. The van der Waals surface area contributed by atoms with Crippen molar-refractivity contribution < 1.29 is 76.3 Å². The molecule has 0 aliphatic heterocycles. The van der Waals surface area contributed by atoms with Crippen LogP contribution >= 0.6 is 0 Å². The Balaban J connectivity index is 1.59. The molecule has 0 N–H and O–H groups in total. The highest BCUT2D eigenvalue weighted by molar-refractivity contribution is 5.96. The molecule has 1 aliphatic rings. The van der Waals surface area contributed by atoms with Gasteiger partial charge in [0.05, 0.1) is 41.9 Å². The van der Waals surface area contributed by atoms with E-state index in [0.717, 1.165) is 0 Å². The van der Waals surface area contributed by atoms with Crippen LogP contribution in [0, 0.1) is 10.8 Å². The number of Topliss-reactive ketones (excluding diaryl/α,β-unsaturated/α-hetero) is 1. The number of benzene rings is 3. The molecule has 16 nitrogen and oxygen atoms in total. The summed E-state index contributed by atoms with van der Waals surface area (Å²) in [6.45, 7) is 6.98. The van der Waals surface area contributed by atoms with Crippen LogP contribution in [0.3, 0.4) is 0 Å². The van der Waals surface area contributed by atoms with Crippen molar-refractivity contribution in [1.29, 1.82) is 0 Å². The maximum Gasteiger partial charge on any atom is 0.338 e. The van der Waals surface area contributed by atoms with Crippen LogP contribution in [0.5, 0.6) is 17.2 Å². The fraction of sp³-hybridized carbons (Fsp3) is 0.362. The number of carbonyl (C=O) groups is 8. The summed E-state index contributed by atoms with van der Waals surface area (Å²) in [5, 5.41) is 0. The average Bonchev–Trinajstić information content (AvgIpc) is 3.23. The second-order valence-corrected chi connectivity index (χ2v) is 15.3. The fourth-order valence-electron chi connectivity index (χ4n) is 6.22. The number of ketones is 1. The Kier molecular flexibility index (Phi) is 17.6. The lowest BCUT2D eigenvalue weighted by Gasteiger charge is -2.34. The maximum atomic E-state index is 13.9. The lowest BCUT2D eigenvalue weighted by atomic mass is 9.82. The van der Waals surface area contributed by atoms with Gasteiger partial charge < -0.3 is 37.9 Å². The number of hydrogen-bond donors (Lipinski definition) is 0. The molecule has 0 bridgehead atoms. The van der Waals surface area contributed by atoms with Gasteiger partial charge in [0.2, 0.25) is 0 Å². The minimum atomic E-state index is -1.20. The van der Waals surface area contributed by atoms with Gasteiger partial charge in [-0.25, -0.2) is 14.4 Å². The monoisotopic (exact) mass is 870 g/mol. The summed E-state index contributed by atoms with van der Waals surface area (Å²) < 4.78 is 44.2. The zero-order chi connectivity index (χ0) is 46.2. The van der Waals surface area contributed by atoms with Crippen LogP contribution in [0.2, 0.25) is 0 Å². The van der Waals surface area contributed by atoms with E-state index < -0.39 is 58.7 Å². The van der Waals surface area contributed by atoms with Crippen molar-refractivity contribution in [2.24, 2.45) is 10.8 Å². The highest BCUT2D eigenvalue weighted by Crippen LogP contribution is 2.32. The second kappa shape index (κ2) is 22.8. The predicted molar refractivity (Wildman–Crippen MR) is 223 cm³/mol. The third-order valence-electron chi connectivity index (χ3n) is 9.48. The Bertz CT molecular complexity index is 2180. The minimum Gasteiger partial charge on any atom is -0.461 e. The Hall–Kier alpha value is -6.94. The van der Waals surface area contributed by atoms with Gasteiger partial charge in [0, 0.05) is 46.0 Å². The first-order valence-corrected chi connectivity index (χ1v) is 19.9. The van der Waals surface area contributed by atoms with Crippen molar-refractivity contribution in [3.8, 4) is 17.2 Å². The SMILES string of the molecule is CCC(COCC(C)(COC(=O)c1cccc(OC(C)=O)c1)CC(=O)C1=CC=CC(OC(C)=O)C1)(COC(=O)c1cccc(OC(C)=O)c1)COC(=O)c1cccc(OC(C)=O)c1. The summed E-state index contributed by atoms with van der Waals surface area (Å²) in [6.07, 6.45) is 4.40. The molecule has 0 radical (unpaired) electrons. The van der Waals surface area contributed by atoms with Crippen molar-refractivity contribution in [1.82, 2.24) is 0 Å². The largest absolute Gasteiger partial charge is 0.461 e. The number of hydrogen-bond acceptors (Lipinski definition) is 16.